The van der Waals surface area contributed by atoms with E-state index in [4.69, 9.17) is 4.52 Å². The molecule has 3 aromatic rings. The molecule has 150 valence electrons. The highest BCUT2D eigenvalue weighted by atomic mass is 19.1. The molecule has 0 saturated carbocycles. The van der Waals surface area contributed by atoms with Gasteiger partial charge in [0, 0.05) is 24.9 Å². The third-order valence-corrected chi connectivity index (χ3v) is 5.18. The summed E-state index contributed by atoms with van der Waals surface area (Å²) in [5.41, 5.74) is 1.65. The molecule has 29 heavy (non-hydrogen) atoms. The number of nitrogens with zero attached hydrogens (tertiary/aromatic N) is 3. The molecule has 0 N–H and O–H groups in total. The van der Waals surface area contributed by atoms with E-state index in [1.54, 1.807) is 24.3 Å². The van der Waals surface area contributed by atoms with Gasteiger partial charge in [-0.25, -0.2) is 8.78 Å². The van der Waals surface area contributed by atoms with Crippen LogP contribution in [0.25, 0.3) is 11.4 Å². The number of carbonyl (C=O) groups excluding carboxylic acids is 1. The first-order chi connectivity index (χ1) is 14.1. The summed E-state index contributed by atoms with van der Waals surface area (Å²) in [5.74, 6) is 0.340. The van der Waals surface area contributed by atoms with Crippen LogP contribution < -0.4 is 0 Å². The lowest BCUT2D eigenvalue weighted by molar-refractivity contribution is -0.132. The SMILES string of the molecule is O=C(CCCc1nc(-c2ccc(F)cc2)no1)N1CCCC1c1ccc(F)cc1. The molecule has 1 fully saturated rings. The monoisotopic (exact) mass is 397 g/mol. The van der Waals surface area contributed by atoms with Crippen LogP contribution in [0, 0.1) is 11.6 Å². The minimum absolute atomic E-state index is 0.0107. The van der Waals surface area contributed by atoms with Gasteiger partial charge in [0.25, 0.3) is 0 Å². The Labute approximate surface area is 167 Å². The van der Waals surface area contributed by atoms with E-state index in [0.717, 1.165) is 24.9 Å². The summed E-state index contributed by atoms with van der Waals surface area (Å²) in [5, 5.41) is 3.92. The van der Waals surface area contributed by atoms with E-state index in [9.17, 15) is 13.6 Å². The molecule has 0 spiro atoms. The lowest BCUT2D eigenvalue weighted by Crippen LogP contribution is -2.30. The summed E-state index contributed by atoms with van der Waals surface area (Å²) in [6.07, 6.45) is 3.30. The van der Waals surface area contributed by atoms with Crippen molar-refractivity contribution in [2.75, 3.05) is 6.54 Å². The summed E-state index contributed by atoms with van der Waals surface area (Å²) >= 11 is 0. The zero-order valence-corrected chi connectivity index (χ0v) is 15.9. The molecule has 1 atom stereocenters. The van der Waals surface area contributed by atoms with Gasteiger partial charge >= 0.3 is 0 Å². The minimum atomic E-state index is -0.322. The molecule has 0 aliphatic carbocycles. The van der Waals surface area contributed by atoms with Crippen LogP contribution >= 0.6 is 0 Å². The van der Waals surface area contributed by atoms with Gasteiger partial charge in [-0.1, -0.05) is 17.3 Å². The van der Waals surface area contributed by atoms with Gasteiger partial charge in [0.2, 0.25) is 17.6 Å². The number of rotatable bonds is 6. The third kappa shape index (κ3) is 4.50. The predicted octanol–water partition coefficient (Wildman–Crippen LogP) is 4.70. The van der Waals surface area contributed by atoms with Crippen molar-refractivity contribution in [2.45, 2.75) is 38.1 Å². The molecule has 4 rings (SSSR count). The smallest absolute Gasteiger partial charge is 0.226 e. The highest BCUT2D eigenvalue weighted by Crippen LogP contribution is 2.32. The molecule has 2 aromatic carbocycles. The molecule has 1 aliphatic rings. The molecule has 1 unspecified atom stereocenters. The van der Waals surface area contributed by atoms with E-state index in [0.29, 0.717) is 36.5 Å². The van der Waals surface area contributed by atoms with Gasteiger partial charge in [-0.2, -0.15) is 4.98 Å². The first-order valence-electron chi connectivity index (χ1n) is 9.73. The Balaban J connectivity index is 1.32. The number of hydrogen-bond donors (Lipinski definition) is 0. The molecular formula is C22H21F2N3O2. The summed E-state index contributed by atoms with van der Waals surface area (Å²) in [6.45, 7) is 0.718. The van der Waals surface area contributed by atoms with E-state index < -0.39 is 0 Å². The first kappa shape index (κ1) is 19.2. The van der Waals surface area contributed by atoms with Gasteiger partial charge in [0.1, 0.15) is 11.6 Å². The van der Waals surface area contributed by atoms with Crippen LogP contribution in [0.5, 0.6) is 0 Å². The number of aromatic nitrogens is 2. The number of aryl methyl sites for hydroxylation is 1. The van der Waals surface area contributed by atoms with Crippen molar-refractivity contribution in [2.24, 2.45) is 0 Å². The van der Waals surface area contributed by atoms with Crippen molar-refractivity contribution in [1.82, 2.24) is 15.0 Å². The van der Waals surface area contributed by atoms with Crippen molar-refractivity contribution in [3.8, 4) is 11.4 Å². The standard InChI is InChI=1S/C22H21F2N3O2/c23-17-10-6-15(7-11-17)19-3-2-14-27(19)21(28)5-1-4-20-25-22(26-29-20)16-8-12-18(24)13-9-16/h6-13,19H,1-5,14H2. The predicted molar refractivity (Wildman–Crippen MR) is 103 cm³/mol. The second-order valence-corrected chi connectivity index (χ2v) is 7.17. The Bertz CT molecular complexity index is 970. The van der Waals surface area contributed by atoms with Crippen molar-refractivity contribution in [3.05, 3.63) is 71.6 Å². The van der Waals surface area contributed by atoms with Crippen LogP contribution in [0.1, 0.15) is 43.2 Å². The largest absolute Gasteiger partial charge is 0.339 e. The maximum absolute atomic E-state index is 13.2. The maximum atomic E-state index is 13.2. The van der Waals surface area contributed by atoms with Crippen LogP contribution in [0.15, 0.2) is 53.1 Å². The molecule has 1 amide bonds. The van der Waals surface area contributed by atoms with Gasteiger partial charge in [0.15, 0.2) is 0 Å². The van der Waals surface area contributed by atoms with Crippen LogP contribution in [-0.2, 0) is 11.2 Å². The van der Waals surface area contributed by atoms with Gasteiger partial charge in [-0.3, -0.25) is 4.79 Å². The third-order valence-electron chi connectivity index (χ3n) is 5.18. The summed E-state index contributed by atoms with van der Waals surface area (Å²) < 4.78 is 31.4. The molecule has 1 aromatic heterocycles. The van der Waals surface area contributed by atoms with Crippen molar-refractivity contribution >= 4 is 5.91 Å². The Hall–Kier alpha value is -3.09. The van der Waals surface area contributed by atoms with Crippen molar-refractivity contribution in [3.63, 3.8) is 0 Å². The fraction of sp³-hybridized carbons (Fsp3) is 0.318. The molecule has 0 bridgehead atoms. The zero-order chi connectivity index (χ0) is 20.2. The van der Waals surface area contributed by atoms with Crippen molar-refractivity contribution < 1.29 is 18.1 Å². The molecular weight excluding hydrogens is 376 g/mol. The summed E-state index contributed by atoms with van der Waals surface area (Å²) in [7, 11) is 0. The van der Waals surface area contributed by atoms with Crippen LogP contribution in [0.2, 0.25) is 0 Å². The Kier molecular flexibility index (Phi) is 5.64. The normalized spacial score (nSPS) is 16.3. The lowest BCUT2D eigenvalue weighted by atomic mass is 10.0. The van der Waals surface area contributed by atoms with Gasteiger partial charge < -0.3 is 9.42 Å². The lowest BCUT2D eigenvalue weighted by Gasteiger charge is -2.25. The topological polar surface area (TPSA) is 59.2 Å². The van der Waals surface area contributed by atoms with Crippen LogP contribution in [0.4, 0.5) is 8.78 Å². The van der Waals surface area contributed by atoms with E-state index >= 15 is 0 Å². The molecule has 1 saturated heterocycles. The van der Waals surface area contributed by atoms with Crippen LogP contribution in [-0.4, -0.2) is 27.5 Å². The van der Waals surface area contributed by atoms with E-state index in [1.165, 1.54) is 24.3 Å². The second-order valence-electron chi connectivity index (χ2n) is 7.17. The highest BCUT2D eigenvalue weighted by Gasteiger charge is 2.29. The number of hydrogen-bond acceptors (Lipinski definition) is 4. The van der Waals surface area contributed by atoms with Gasteiger partial charge in [0.05, 0.1) is 6.04 Å². The quantitative estimate of drug-likeness (QED) is 0.605. The van der Waals surface area contributed by atoms with Gasteiger partial charge in [-0.15, -0.1) is 0 Å². The number of benzene rings is 2. The number of carbonyl (C=O) groups is 1. The minimum Gasteiger partial charge on any atom is -0.339 e. The fourth-order valence-corrected chi connectivity index (χ4v) is 3.70. The highest BCUT2D eigenvalue weighted by molar-refractivity contribution is 5.77. The number of likely N-dealkylation sites (tertiary alicyclic amines) is 1. The summed E-state index contributed by atoms with van der Waals surface area (Å²) in [4.78, 5) is 18.9. The Morgan fingerprint density at radius 1 is 1.07 bits per heavy atom. The molecule has 7 heteroatoms. The molecule has 2 heterocycles. The summed E-state index contributed by atoms with van der Waals surface area (Å²) in [6, 6.07) is 12.3. The average molecular weight is 397 g/mol. The Morgan fingerprint density at radius 3 is 2.48 bits per heavy atom. The first-order valence-corrected chi connectivity index (χ1v) is 9.73. The van der Waals surface area contributed by atoms with E-state index in [2.05, 4.69) is 10.1 Å². The zero-order valence-electron chi connectivity index (χ0n) is 15.9. The number of amides is 1. The average Bonchev–Trinajstić information content (AvgIpc) is 3.39. The Morgan fingerprint density at radius 2 is 1.76 bits per heavy atom. The molecule has 5 nitrogen and oxygen atoms in total. The van der Waals surface area contributed by atoms with Gasteiger partial charge in [-0.05, 0) is 61.2 Å². The molecule has 0 radical (unpaired) electrons. The maximum Gasteiger partial charge on any atom is 0.226 e. The van der Waals surface area contributed by atoms with Crippen molar-refractivity contribution in [1.29, 1.82) is 0 Å². The van der Waals surface area contributed by atoms with E-state index in [-0.39, 0.29) is 23.6 Å². The van der Waals surface area contributed by atoms with Crippen LogP contribution in [0.3, 0.4) is 0 Å². The second kappa shape index (κ2) is 8.51. The van der Waals surface area contributed by atoms with E-state index in [1.807, 2.05) is 4.90 Å². The molecule has 1 aliphatic heterocycles. The number of halogens is 2. The fourth-order valence-electron chi connectivity index (χ4n) is 3.70.